The van der Waals surface area contributed by atoms with Gasteiger partial charge in [-0.3, -0.25) is 0 Å². The molecule has 0 heterocycles. The van der Waals surface area contributed by atoms with Gasteiger partial charge in [0, 0.05) is 17.7 Å². The van der Waals surface area contributed by atoms with Crippen molar-refractivity contribution in [3.8, 4) is 0 Å². The van der Waals surface area contributed by atoms with E-state index in [0.29, 0.717) is 5.69 Å². The van der Waals surface area contributed by atoms with Crippen LogP contribution >= 0.6 is 0 Å². The smallest absolute Gasteiger partial charge is 0.398 e. The lowest BCUT2D eigenvalue weighted by Crippen LogP contribution is -2.38. The van der Waals surface area contributed by atoms with Gasteiger partial charge in [0.15, 0.2) is 12.5 Å². The second kappa shape index (κ2) is 7.27. The Kier molecular flexibility index (Phi) is 6.07. The van der Waals surface area contributed by atoms with E-state index in [1.165, 1.54) is 6.08 Å². The predicted molar refractivity (Wildman–Crippen MR) is 76.7 cm³/mol. The number of benzene rings is 1. The van der Waals surface area contributed by atoms with Crippen LogP contribution in [-0.2, 0) is 0 Å². The van der Waals surface area contributed by atoms with Crippen LogP contribution in [0.5, 0.6) is 0 Å². The molecule has 0 amide bonds. The molecule has 3 nitrogen and oxygen atoms in total. The molecular weight excluding hydrogens is 340 g/mol. The van der Waals surface area contributed by atoms with Crippen LogP contribution in [-0.4, -0.2) is 34.8 Å². The lowest BCUT2D eigenvalue weighted by Gasteiger charge is -2.23. The highest BCUT2D eigenvalue weighted by Crippen LogP contribution is 2.35. The van der Waals surface area contributed by atoms with Crippen molar-refractivity contribution in [3.05, 3.63) is 48.1 Å². The van der Waals surface area contributed by atoms with E-state index in [9.17, 15) is 36.6 Å². The van der Waals surface area contributed by atoms with Crippen molar-refractivity contribution in [2.45, 2.75) is 24.3 Å². The molecule has 4 N–H and O–H groups in total. The third kappa shape index (κ3) is 5.27. The first kappa shape index (κ1) is 20.0. The molecular formula is C15H15F6NO2. The van der Waals surface area contributed by atoms with Crippen LogP contribution in [0.4, 0.5) is 32.0 Å². The molecule has 1 aliphatic carbocycles. The summed E-state index contributed by atoms with van der Waals surface area (Å²) >= 11 is 0. The van der Waals surface area contributed by atoms with E-state index in [2.05, 4.69) is 0 Å². The monoisotopic (exact) mass is 355 g/mol. The number of rotatable bonds is 2. The summed E-state index contributed by atoms with van der Waals surface area (Å²) < 4.78 is 65.6. The van der Waals surface area contributed by atoms with Gasteiger partial charge in [-0.1, -0.05) is 30.4 Å². The number of para-hydroxylation sites is 1. The SMILES string of the molecule is FCC(F)(F)C(F)(F)F.Nc1ccccc1C1=CC=CC(O)(O)C1. The molecule has 0 unspecified atom stereocenters. The number of nitrogen functional groups attached to an aromatic ring is 1. The Bertz CT molecular complexity index is 623. The lowest BCUT2D eigenvalue weighted by atomic mass is 9.93. The first-order valence-electron chi connectivity index (χ1n) is 6.58. The fraction of sp³-hybridized carbons (Fsp3) is 0.333. The van der Waals surface area contributed by atoms with Gasteiger partial charge in [0.05, 0.1) is 0 Å². The molecule has 1 aliphatic rings. The summed E-state index contributed by atoms with van der Waals surface area (Å²) in [7, 11) is 0. The third-order valence-corrected chi connectivity index (χ3v) is 3.00. The predicted octanol–water partition coefficient (Wildman–Crippen LogP) is 3.45. The Morgan fingerprint density at radius 2 is 1.67 bits per heavy atom. The van der Waals surface area contributed by atoms with Crippen molar-refractivity contribution in [3.63, 3.8) is 0 Å². The van der Waals surface area contributed by atoms with E-state index in [1.54, 1.807) is 12.1 Å². The average Bonchev–Trinajstić information content (AvgIpc) is 2.46. The zero-order chi connectivity index (χ0) is 18.6. The minimum Gasteiger partial charge on any atom is -0.398 e. The van der Waals surface area contributed by atoms with Gasteiger partial charge in [-0.15, -0.1) is 0 Å². The summed E-state index contributed by atoms with van der Waals surface area (Å²) in [5, 5.41) is 19.0. The summed E-state index contributed by atoms with van der Waals surface area (Å²) in [6.45, 7) is -2.70. The zero-order valence-electron chi connectivity index (χ0n) is 12.2. The Balaban J connectivity index is 0.000000277. The summed E-state index contributed by atoms with van der Waals surface area (Å²) in [4.78, 5) is 0. The molecule has 9 heteroatoms. The van der Waals surface area contributed by atoms with Crippen LogP contribution in [0.15, 0.2) is 42.5 Å². The van der Waals surface area contributed by atoms with Gasteiger partial charge >= 0.3 is 12.1 Å². The van der Waals surface area contributed by atoms with E-state index >= 15 is 0 Å². The molecule has 0 aliphatic heterocycles. The van der Waals surface area contributed by atoms with Crippen LogP contribution in [0.3, 0.4) is 0 Å². The average molecular weight is 355 g/mol. The van der Waals surface area contributed by atoms with Crippen LogP contribution < -0.4 is 5.73 Å². The van der Waals surface area contributed by atoms with E-state index in [-0.39, 0.29) is 6.42 Å². The molecule has 0 saturated heterocycles. The number of aliphatic hydroxyl groups is 2. The van der Waals surface area contributed by atoms with Gasteiger partial charge in [0.1, 0.15) is 0 Å². The number of hydrogen-bond acceptors (Lipinski definition) is 3. The molecule has 0 aromatic heterocycles. The summed E-state index contributed by atoms with van der Waals surface area (Å²) in [6.07, 6.45) is -0.767. The molecule has 2 rings (SSSR count). The highest BCUT2D eigenvalue weighted by molar-refractivity contribution is 5.77. The standard InChI is InChI=1S/C12H13NO2.C3H2F6/c13-11-6-2-1-5-10(11)9-4-3-7-12(14,15)8-9;4-1-2(5,6)3(7,8)9/h1-7,14-15H,8,13H2;1H2. The fourth-order valence-corrected chi connectivity index (χ4v) is 1.77. The normalized spacial score (nSPS) is 16.9. The minimum atomic E-state index is -5.76. The van der Waals surface area contributed by atoms with Gasteiger partial charge in [-0.2, -0.15) is 22.0 Å². The van der Waals surface area contributed by atoms with Crippen molar-refractivity contribution < 1.29 is 36.6 Å². The molecule has 134 valence electrons. The first-order chi connectivity index (χ1) is 10.9. The van der Waals surface area contributed by atoms with Crippen molar-refractivity contribution in [1.29, 1.82) is 0 Å². The maximum atomic E-state index is 11.2. The second-order valence-electron chi connectivity index (χ2n) is 5.03. The second-order valence-corrected chi connectivity index (χ2v) is 5.03. The number of alkyl halides is 6. The zero-order valence-corrected chi connectivity index (χ0v) is 12.2. The maximum absolute atomic E-state index is 11.2. The van der Waals surface area contributed by atoms with Crippen molar-refractivity contribution >= 4 is 11.3 Å². The Labute approximate surface area is 133 Å². The molecule has 1 aromatic rings. The van der Waals surface area contributed by atoms with Gasteiger partial charge in [-0.05, 0) is 17.7 Å². The third-order valence-electron chi connectivity index (χ3n) is 3.00. The first-order valence-corrected chi connectivity index (χ1v) is 6.58. The topological polar surface area (TPSA) is 66.5 Å². The molecule has 0 fully saturated rings. The number of anilines is 1. The van der Waals surface area contributed by atoms with Crippen molar-refractivity contribution in [1.82, 2.24) is 0 Å². The number of nitrogens with two attached hydrogens (primary N) is 1. The van der Waals surface area contributed by atoms with Gasteiger partial charge in [0.2, 0.25) is 0 Å². The number of hydrogen-bond donors (Lipinski definition) is 3. The highest BCUT2D eigenvalue weighted by atomic mass is 19.4. The van der Waals surface area contributed by atoms with Crippen LogP contribution in [0, 0.1) is 0 Å². The summed E-state index contributed by atoms with van der Waals surface area (Å²) in [5.41, 5.74) is 8.15. The summed E-state index contributed by atoms with van der Waals surface area (Å²) in [6, 6.07) is 7.39. The Morgan fingerprint density at radius 1 is 1.08 bits per heavy atom. The van der Waals surface area contributed by atoms with E-state index in [4.69, 9.17) is 5.73 Å². The van der Waals surface area contributed by atoms with Crippen molar-refractivity contribution in [2.24, 2.45) is 0 Å². The Hall–Kier alpha value is -2.00. The van der Waals surface area contributed by atoms with Crippen molar-refractivity contribution in [2.75, 3.05) is 12.4 Å². The van der Waals surface area contributed by atoms with Crippen LogP contribution in [0.2, 0.25) is 0 Å². The lowest BCUT2D eigenvalue weighted by molar-refractivity contribution is -0.286. The number of allylic oxidation sites excluding steroid dienone is 2. The summed E-state index contributed by atoms with van der Waals surface area (Å²) in [5.74, 6) is -6.95. The fourth-order valence-electron chi connectivity index (χ4n) is 1.77. The van der Waals surface area contributed by atoms with E-state index < -0.39 is 24.6 Å². The van der Waals surface area contributed by atoms with Crippen LogP contribution in [0.25, 0.3) is 5.57 Å². The minimum absolute atomic E-state index is 0.164. The Morgan fingerprint density at radius 3 is 2.08 bits per heavy atom. The van der Waals surface area contributed by atoms with Gasteiger partial charge in [-0.25, -0.2) is 4.39 Å². The quantitative estimate of drug-likeness (QED) is 0.433. The van der Waals surface area contributed by atoms with Gasteiger partial charge < -0.3 is 15.9 Å². The molecule has 0 saturated carbocycles. The number of halogens is 6. The largest absolute Gasteiger partial charge is 0.456 e. The van der Waals surface area contributed by atoms with Gasteiger partial charge in [0.25, 0.3) is 0 Å². The molecule has 1 aromatic carbocycles. The van der Waals surface area contributed by atoms with Crippen LogP contribution in [0.1, 0.15) is 12.0 Å². The maximum Gasteiger partial charge on any atom is 0.456 e. The highest BCUT2D eigenvalue weighted by Gasteiger charge is 2.57. The van der Waals surface area contributed by atoms with E-state index in [1.807, 2.05) is 24.3 Å². The molecule has 0 atom stereocenters. The van der Waals surface area contributed by atoms with E-state index in [0.717, 1.165) is 11.1 Å². The molecule has 0 radical (unpaired) electrons. The molecule has 0 bridgehead atoms. The molecule has 0 spiro atoms. The molecule has 24 heavy (non-hydrogen) atoms.